The minimum atomic E-state index is -0.484. The molecule has 0 fully saturated rings. The number of anilines is 1. The molecule has 3 aromatic rings. The van der Waals surface area contributed by atoms with Crippen molar-refractivity contribution in [1.29, 1.82) is 0 Å². The number of para-hydroxylation sites is 2. The summed E-state index contributed by atoms with van der Waals surface area (Å²) in [5.74, 6) is -0.196. The topological polar surface area (TPSA) is 29.9 Å². The third-order valence-corrected chi connectivity index (χ3v) is 3.51. The van der Waals surface area contributed by atoms with Gasteiger partial charge < -0.3 is 9.88 Å². The van der Waals surface area contributed by atoms with E-state index >= 15 is 0 Å². The van der Waals surface area contributed by atoms with E-state index in [4.69, 9.17) is 0 Å². The van der Waals surface area contributed by atoms with Crippen molar-refractivity contribution in [3.8, 4) is 0 Å². The van der Waals surface area contributed by atoms with Crippen molar-refractivity contribution in [3.63, 3.8) is 0 Å². The molecular formula is C16H15F2N3. The molecule has 2 aromatic carbocycles. The maximum atomic E-state index is 13.7. The zero-order valence-corrected chi connectivity index (χ0v) is 11.8. The minimum absolute atomic E-state index is 0.134. The Morgan fingerprint density at radius 2 is 1.90 bits per heavy atom. The van der Waals surface area contributed by atoms with Crippen molar-refractivity contribution in [2.75, 3.05) is 5.32 Å². The van der Waals surface area contributed by atoms with E-state index < -0.39 is 11.6 Å². The lowest BCUT2D eigenvalue weighted by Crippen LogP contribution is -2.13. The molecule has 1 atom stereocenters. The van der Waals surface area contributed by atoms with Gasteiger partial charge in [-0.25, -0.2) is 13.8 Å². The van der Waals surface area contributed by atoms with Crippen molar-refractivity contribution in [3.05, 3.63) is 59.9 Å². The lowest BCUT2D eigenvalue weighted by Gasteiger charge is -2.15. The molecule has 1 heterocycles. The molecule has 0 aliphatic heterocycles. The van der Waals surface area contributed by atoms with Crippen LogP contribution in [0.3, 0.4) is 0 Å². The summed E-state index contributed by atoms with van der Waals surface area (Å²) in [5, 5.41) is 2.97. The molecule has 0 aliphatic rings. The van der Waals surface area contributed by atoms with Crippen LogP contribution in [0.5, 0.6) is 0 Å². The minimum Gasteiger partial charge on any atom is -0.373 e. The predicted octanol–water partition coefficient (Wildman–Crippen LogP) is 4.02. The number of hydrogen-bond acceptors (Lipinski definition) is 2. The second kappa shape index (κ2) is 5.16. The van der Waals surface area contributed by atoms with Crippen molar-refractivity contribution in [2.24, 2.45) is 7.05 Å². The van der Waals surface area contributed by atoms with Crippen LogP contribution in [0.15, 0.2) is 42.5 Å². The highest BCUT2D eigenvalue weighted by molar-refractivity contribution is 5.76. The number of benzene rings is 2. The van der Waals surface area contributed by atoms with Gasteiger partial charge in [-0.1, -0.05) is 12.1 Å². The fraction of sp³-hybridized carbons (Fsp3) is 0.188. The molecule has 21 heavy (non-hydrogen) atoms. The average molecular weight is 287 g/mol. The fourth-order valence-electron chi connectivity index (χ4n) is 2.46. The highest BCUT2D eigenvalue weighted by Gasteiger charge is 2.15. The number of aromatic nitrogens is 2. The number of fused-ring (bicyclic) bond motifs is 1. The third kappa shape index (κ3) is 2.46. The summed E-state index contributed by atoms with van der Waals surface area (Å²) in [6.45, 7) is 1.87. The lowest BCUT2D eigenvalue weighted by molar-refractivity contribution is 0.599. The molecule has 3 nitrogen and oxygen atoms in total. The SMILES string of the molecule is CC(Nc1cc(F)ccc1F)c1nc2ccccc2n1C. The summed E-state index contributed by atoms with van der Waals surface area (Å²) >= 11 is 0. The molecule has 0 radical (unpaired) electrons. The van der Waals surface area contributed by atoms with Crippen LogP contribution in [-0.2, 0) is 7.05 Å². The van der Waals surface area contributed by atoms with Gasteiger partial charge in [-0.2, -0.15) is 0 Å². The number of nitrogens with zero attached hydrogens (tertiary/aromatic N) is 2. The maximum Gasteiger partial charge on any atom is 0.146 e. The van der Waals surface area contributed by atoms with E-state index in [1.807, 2.05) is 42.8 Å². The van der Waals surface area contributed by atoms with Gasteiger partial charge in [0.25, 0.3) is 0 Å². The third-order valence-electron chi connectivity index (χ3n) is 3.51. The Morgan fingerprint density at radius 1 is 1.14 bits per heavy atom. The molecule has 0 saturated heterocycles. The summed E-state index contributed by atoms with van der Waals surface area (Å²) in [4.78, 5) is 4.54. The van der Waals surface area contributed by atoms with Crippen molar-refractivity contribution < 1.29 is 8.78 Å². The molecule has 1 N–H and O–H groups in total. The van der Waals surface area contributed by atoms with Gasteiger partial charge in [0.2, 0.25) is 0 Å². The molecule has 3 rings (SSSR count). The molecule has 0 saturated carbocycles. The fourth-order valence-corrected chi connectivity index (χ4v) is 2.46. The predicted molar refractivity (Wildman–Crippen MR) is 79.1 cm³/mol. The highest BCUT2D eigenvalue weighted by Crippen LogP contribution is 2.24. The maximum absolute atomic E-state index is 13.7. The van der Waals surface area contributed by atoms with E-state index in [9.17, 15) is 8.78 Å². The molecule has 1 aromatic heterocycles. The first-order valence-electron chi connectivity index (χ1n) is 6.69. The zero-order chi connectivity index (χ0) is 15.0. The zero-order valence-electron chi connectivity index (χ0n) is 11.8. The van der Waals surface area contributed by atoms with Crippen LogP contribution >= 0.6 is 0 Å². The first-order chi connectivity index (χ1) is 10.1. The number of hydrogen-bond donors (Lipinski definition) is 1. The normalized spacial score (nSPS) is 12.6. The van der Waals surface area contributed by atoms with E-state index in [-0.39, 0.29) is 11.7 Å². The molecule has 1 unspecified atom stereocenters. The van der Waals surface area contributed by atoms with Crippen molar-refractivity contribution >= 4 is 16.7 Å². The van der Waals surface area contributed by atoms with Crippen LogP contribution < -0.4 is 5.32 Å². The standard InChI is InChI=1S/C16H15F2N3/c1-10(19-14-9-11(17)7-8-12(14)18)16-20-13-5-3-4-6-15(13)21(16)2/h3-10,19H,1-2H3. The largest absolute Gasteiger partial charge is 0.373 e. The molecule has 0 bridgehead atoms. The van der Waals surface area contributed by atoms with Crippen LogP contribution in [0.4, 0.5) is 14.5 Å². The Hall–Kier alpha value is -2.43. The summed E-state index contributed by atoms with van der Waals surface area (Å²) < 4.78 is 28.9. The first kappa shape index (κ1) is 13.5. The van der Waals surface area contributed by atoms with Crippen LogP contribution in [0.2, 0.25) is 0 Å². The van der Waals surface area contributed by atoms with Crippen LogP contribution in [0.1, 0.15) is 18.8 Å². The number of halogens is 2. The Bertz CT molecular complexity index is 795. The molecule has 0 spiro atoms. The number of aryl methyl sites for hydroxylation is 1. The van der Waals surface area contributed by atoms with E-state index in [1.165, 1.54) is 0 Å². The van der Waals surface area contributed by atoms with Crippen molar-refractivity contribution in [1.82, 2.24) is 9.55 Å². The van der Waals surface area contributed by atoms with Crippen molar-refractivity contribution in [2.45, 2.75) is 13.0 Å². The van der Waals surface area contributed by atoms with E-state index in [2.05, 4.69) is 10.3 Å². The van der Waals surface area contributed by atoms with Gasteiger partial charge in [0.05, 0.1) is 22.8 Å². The Morgan fingerprint density at radius 3 is 2.67 bits per heavy atom. The van der Waals surface area contributed by atoms with Gasteiger partial charge in [-0.15, -0.1) is 0 Å². The van der Waals surface area contributed by atoms with Gasteiger partial charge in [-0.3, -0.25) is 0 Å². The molecule has 5 heteroatoms. The summed E-state index contributed by atoms with van der Waals surface area (Å²) in [6.07, 6.45) is 0. The summed E-state index contributed by atoms with van der Waals surface area (Å²) in [6, 6.07) is 10.9. The van der Waals surface area contributed by atoms with Gasteiger partial charge >= 0.3 is 0 Å². The summed E-state index contributed by atoms with van der Waals surface area (Å²) in [5.41, 5.74) is 2.01. The van der Waals surface area contributed by atoms with E-state index in [0.29, 0.717) is 0 Å². The van der Waals surface area contributed by atoms with Crippen LogP contribution in [-0.4, -0.2) is 9.55 Å². The van der Waals surface area contributed by atoms with Gasteiger partial charge in [-0.05, 0) is 37.3 Å². The summed E-state index contributed by atoms with van der Waals surface area (Å²) in [7, 11) is 1.91. The number of nitrogens with one attached hydrogen (secondary N) is 1. The quantitative estimate of drug-likeness (QED) is 0.788. The Kier molecular flexibility index (Phi) is 3.33. The monoisotopic (exact) mass is 287 g/mol. The molecular weight excluding hydrogens is 272 g/mol. The van der Waals surface area contributed by atoms with Crippen LogP contribution in [0.25, 0.3) is 11.0 Å². The second-order valence-corrected chi connectivity index (χ2v) is 5.01. The number of imidazole rings is 1. The second-order valence-electron chi connectivity index (χ2n) is 5.01. The molecule has 0 amide bonds. The Labute approximate surface area is 121 Å². The van der Waals surface area contributed by atoms with Crippen LogP contribution in [0, 0.1) is 11.6 Å². The van der Waals surface area contributed by atoms with Gasteiger partial charge in [0, 0.05) is 7.05 Å². The number of rotatable bonds is 3. The van der Waals surface area contributed by atoms with Gasteiger partial charge in [0.1, 0.15) is 17.5 Å². The lowest BCUT2D eigenvalue weighted by atomic mass is 10.2. The van der Waals surface area contributed by atoms with E-state index in [1.54, 1.807) is 0 Å². The average Bonchev–Trinajstić information content (AvgIpc) is 2.81. The smallest absolute Gasteiger partial charge is 0.146 e. The molecule has 0 aliphatic carbocycles. The highest BCUT2D eigenvalue weighted by atomic mass is 19.1. The first-order valence-corrected chi connectivity index (χ1v) is 6.69. The van der Waals surface area contributed by atoms with E-state index in [0.717, 1.165) is 35.1 Å². The van der Waals surface area contributed by atoms with Gasteiger partial charge in [0.15, 0.2) is 0 Å². The molecule has 108 valence electrons. The Balaban J connectivity index is 1.95.